The Hall–Kier alpha value is -3.31. The number of nitrogens with zero attached hydrogens (tertiary/aromatic N) is 1. The van der Waals surface area contributed by atoms with E-state index in [1.807, 2.05) is 0 Å². The first-order valence-corrected chi connectivity index (χ1v) is 9.94. The summed E-state index contributed by atoms with van der Waals surface area (Å²) in [4.78, 5) is 18.3. The van der Waals surface area contributed by atoms with Gasteiger partial charge in [0.2, 0.25) is 5.95 Å². The maximum atomic E-state index is 12.5. The monoisotopic (exact) mass is 420 g/mol. The first-order valence-electron chi connectivity index (χ1n) is 8.53. The zero-order chi connectivity index (χ0) is 20.9. The van der Waals surface area contributed by atoms with Crippen molar-refractivity contribution in [2.45, 2.75) is 4.90 Å². The van der Waals surface area contributed by atoms with E-state index in [4.69, 9.17) is 8.92 Å². The second-order valence-electron chi connectivity index (χ2n) is 5.86. The lowest BCUT2D eigenvalue weighted by Gasteiger charge is -2.09. The number of aromatic nitrogens is 2. The van der Waals surface area contributed by atoms with Crippen molar-refractivity contribution in [3.63, 3.8) is 0 Å². The van der Waals surface area contributed by atoms with Gasteiger partial charge in [0.05, 0.1) is 24.8 Å². The molecule has 0 unspecified atom stereocenters. The van der Waals surface area contributed by atoms with Crippen LogP contribution in [0.5, 0.6) is 5.75 Å². The van der Waals surface area contributed by atoms with Gasteiger partial charge in [-0.15, -0.1) is 0 Å². The Morgan fingerprint density at radius 3 is 2.59 bits per heavy atom. The van der Waals surface area contributed by atoms with Crippen LogP contribution >= 0.6 is 0 Å². The zero-order valence-corrected chi connectivity index (χ0v) is 16.6. The van der Waals surface area contributed by atoms with Crippen LogP contribution < -0.4 is 14.8 Å². The van der Waals surface area contributed by atoms with Gasteiger partial charge in [-0.2, -0.15) is 8.42 Å². The Labute approximate surface area is 167 Å². The maximum absolute atomic E-state index is 12.5. The van der Waals surface area contributed by atoms with Gasteiger partial charge in [0, 0.05) is 25.4 Å². The van der Waals surface area contributed by atoms with Gasteiger partial charge in [0.15, 0.2) is 0 Å². The van der Waals surface area contributed by atoms with Crippen molar-refractivity contribution in [3.05, 3.63) is 42.5 Å². The molecule has 2 aromatic carbocycles. The molecule has 0 aliphatic rings. The average molecular weight is 420 g/mol. The summed E-state index contributed by atoms with van der Waals surface area (Å²) in [5, 5.41) is 5.50. The Morgan fingerprint density at radius 2 is 1.90 bits per heavy atom. The summed E-state index contributed by atoms with van der Waals surface area (Å²) in [6, 6.07) is 10.7. The number of H-pyrrole nitrogens is 1. The van der Waals surface area contributed by atoms with Crippen LogP contribution in [0.4, 0.5) is 16.4 Å². The number of nitrogens with one attached hydrogen (secondary N) is 3. The molecule has 1 aromatic heterocycles. The molecule has 1 heterocycles. The van der Waals surface area contributed by atoms with Gasteiger partial charge in [-0.1, -0.05) is 0 Å². The van der Waals surface area contributed by atoms with E-state index in [1.54, 1.807) is 25.3 Å². The highest BCUT2D eigenvalue weighted by molar-refractivity contribution is 7.87. The minimum atomic E-state index is -4.02. The Balaban J connectivity index is 1.73. The average Bonchev–Trinajstić information content (AvgIpc) is 3.09. The number of hydrogen-bond donors (Lipinski definition) is 3. The Bertz CT molecular complexity index is 1100. The fourth-order valence-corrected chi connectivity index (χ4v) is 3.38. The summed E-state index contributed by atoms with van der Waals surface area (Å²) in [6.07, 6.45) is -0.678. The number of rotatable bonds is 8. The smallest absolute Gasteiger partial charge is 0.413 e. The molecule has 10 nitrogen and oxygen atoms in total. The van der Waals surface area contributed by atoms with Crippen molar-refractivity contribution in [3.8, 4) is 5.75 Å². The fourth-order valence-electron chi connectivity index (χ4n) is 2.46. The topological polar surface area (TPSA) is 132 Å². The molecule has 11 heteroatoms. The number of fused-ring (bicyclic) bond motifs is 1. The lowest BCUT2D eigenvalue weighted by molar-refractivity contribution is 0.186. The summed E-state index contributed by atoms with van der Waals surface area (Å²) >= 11 is 0. The molecule has 0 fully saturated rings. The van der Waals surface area contributed by atoms with Crippen LogP contribution in [0.25, 0.3) is 11.0 Å². The van der Waals surface area contributed by atoms with Crippen LogP contribution in [0, 0.1) is 0 Å². The van der Waals surface area contributed by atoms with Crippen LogP contribution in [0.2, 0.25) is 0 Å². The first-order chi connectivity index (χ1) is 13.9. The molecule has 0 saturated carbocycles. The van der Waals surface area contributed by atoms with E-state index in [9.17, 15) is 13.2 Å². The number of aromatic amines is 1. The molecule has 0 atom stereocenters. The van der Waals surface area contributed by atoms with Crippen LogP contribution in [0.15, 0.2) is 47.4 Å². The van der Waals surface area contributed by atoms with Crippen LogP contribution in [0.1, 0.15) is 0 Å². The predicted octanol–water partition coefficient (Wildman–Crippen LogP) is 2.57. The number of imidazole rings is 1. The summed E-state index contributed by atoms with van der Waals surface area (Å²) in [6.45, 7) is 1.15. The maximum Gasteiger partial charge on any atom is 0.413 e. The zero-order valence-electron chi connectivity index (χ0n) is 15.8. The molecule has 0 aliphatic carbocycles. The van der Waals surface area contributed by atoms with Crippen LogP contribution in [0.3, 0.4) is 0 Å². The third-order valence-electron chi connectivity index (χ3n) is 3.84. The number of amides is 1. The SMILES string of the molecule is COCCNc1ccc(S(=O)(=O)Oc2ccc3nc(NC(=O)OC)[nH]c3c2)cc1. The molecule has 0 saturated heterocycles. The van der Waals surface area contributed by atoms with Gasteiger partial charge in [-0.25, -0.2) is 9.78 Å². The van der Waals surface area contributed by atoms with Gasteiger partial charge in [0.1, 0.15) is 10.6 Å². The standard InChI is InChI=1S/C18H20N4O6S/c1-26-10-9-19-12-3-6-14(7-4-12)29(24,25)28-13-5-8-15-16(11-13)21-17(20-15)22-18(23)27-2/h3-8,11,19H,9-10H2,1-2H3,(H2,20,21,22,23). The van der Waals surface area contributed by atoms with E-state index in [-0.39, 0.29) is 16.6 Å². The molecule has 0 bridgehead atoms. The summed E-state index contributed by atoms with van der Waals surface area (Å²) in [7, 11) is -1.18. The van der Waals surface area contributed by atoms with Crippen molar-refractivity contribution >= 4 is 38.9 Å². The van der Waals surface area contributed by atoms with E-state index in [0.29, 0.717) is 24.2 Å². The third-order valence-corrected chi connectivity index (χ3v) is 5.10. The molecule has 0 spiro atoms. The number of hydrogen-bond acceptors (Lipinski definition) is 8. The third kappa shape index (κ3) is 5.15. The summed E-state index contributed by atoms with van der Waals surface area (Å²) in [5.41, 5.74) is 1.78. The summed E-state index contributed by atoms with van der Waals surface area (Å²) < 4.78 is 39.7. The fraction of sp³-hybridized carbons (Fsp3) is 0.222. The quantitative estimate of drug-likeness (QED) is 0.374. The number of benzene rings is 2. The molecule has 3 rings (SSSR count). The van der Waals surface area contributed by atoms with Crippen molar-refractivity contribution in [2.75, 3.05) is 38.0 Å². The van der Waals surface area contributed by atoms with E-state index >= 15 is 0 Å². The molecule has 0 aliphatic heterocycles. The predicted molar refractivity (Wildman–Crippen MR) is 107 cm³/mol. The van der Waals surface area contributed by atoms with Gasteiger partial charge < -0.3 is 24.0 Å². The van der Waals surface area contributed by atoms with E-state index < -0.39 is 16.2 Å². The number of carbonyl (C=O) groups is 1. The molecule has 0 radical (unpaired) electrons. The van der Waals surface area contributed by atoms with Crippen LogP contribution in [-0.2, 0) is 19.6 Å². The van der Waals surface area contributed by atoms with Gasteiger partial charge >= 0.3 is 16.2 Å². The molecule has 1 amide bonds. The highest BCUT2D eigenvalue weighted by atomic mass is 32.2. The molecule has 3 aromatic rings. The lowest BCUT2D eigenvalue weighted by Crippen LogP contribution is -2.11. The van der Waals surface area contributed by atoms with E-state index in [1.165, 1.54) is 31.4 Å². The molecular weight excluding hydrogens is 400 g/mol. The highest BCUT2D eigenvalue weighted by Crippen LogP contribution is 2.24. The Morgan fingerprint density at radius 1 is 1.14 bits per heavy atom. The second-order valence-corrected chi connectivity index (χ2v) is 7.41. The summed E-state index contributed by atoms with van der Waals surface area (Å²) in [5.74, 6) is 0.275. The Kier molecular flexibility index (Phi) is 6.20. The second kappa shape index (κ2) is 8.80. The number of anilines is 2. The largest absolute Gasteiger partial charge is 0.453 e. The number of carbonyl (C=O) groups excluding carboxylic acids is 1. The molecule has 3 N–H and O–H groups in total. The van der Waals surface area contributed by atoms with Crippen molar-refractivity contribution in [1.82, 2.24) is 9.97 Å². The van der Waals surface area contributed by atoms with E-state index in [0.717, 1.165) is 5.69 Å². The number of ether oxygens (including phenoxy) is 2. The van der Waals surface area contributed by atoms with Gasteiger partial charge in [0.25, 0.3) is 0 Å². The first kappa shape index (κ1) is 20.4. The molecular formula is C18H20N4O6S. The minimum Gasteiger partial charge on any atom is -0.453 e. The van der Waals surface area contributed by atoms with Crippen LogP contribution in [-0.4, -0.2) is 51.9 Å². The van der Waals surface area contributed by atoms with Crippen molar-refractivity contribution < 1.29 is 26.9 Å². The normalized spacial score (nSPS) is 11.2. The van der Waals surface area contributed by atoms with Crippen molar-refractivity contribution in [1.29, 1.82) is 0 Å². The highest BCUT2D eigenvalue weighted by Gasteiger charge is 2.17. The van der Waals surface area contributed by atoms with Gasteiger partial charge in [-0.05, 0) is 36.4 Å². The molecule has 29 heavy (non-hydrogen) atoms. The van der Waals surface area contributed by atoms with Crippen molar-refractivity contribution in [2.24, 2.45) is 0 Å². The lowest BCUT2D eigenvalue weighted by atomic mass is 10.3. The van der Waals surface area contributed by atoms with E-state index in [2.05, 4.69) is 25.3 Å². The van der Waals surface area contributed by atoms with Gasteiger partial charge in [-0.3, -0.25) is 5.32 Å². The number of methoxy groups -OCH3 is 2. The minimum absolute atomic E-state index is 0.0209. The molecule has 154 valence electrons.